The van der Waals surface area contributed by atoms with Crippen LogP contribution >= 0.6 is 0 Å². The van der Waals surface area contributed by atoms with E-state index in [9.17, 15) is 14.4 Å². The summed E-state index contributed by atoms with van der Waals surface area (Å²) in [6.45, 7) is 1.24. The van der Waals surface area contributed by atoms with Gasteiger partial charge < -0.3 is 15.3 Å². The first-order chi connectivity index (χ1) is 9.56. The fourth-order valence-corrected chi connectivity index (χ4v) is 1.93. The van der Waals surface area contributed by atoms with Crippen molar-refractivity contribution in [3.8, 4) is 0 Å². The van der Waals surface area contributed by atoms with E-state index in [1.54, 1.807) is 4.90 Å². The van der Waals surface area contributed by atoms with Crippen LogP contribution in [0.5, 0.6) is 0 Å². The summed E-state index contributed by atoms with van der Waals surface area (Å²) in [6.07, 6.45) is 3.15. The van der Waals surface area contributed by atoms with E-state index in [1.165, 1.54) is 0 Å². The molecule has 9 heteroatoms. The van der Waals surface area contributed by atoms with Crippen molar-refractivity contribution in [1.29, 1.82) is 0 Å². The summed E-state index contributed by atoms with van der Waals surface area (Å²) < 4.78 is 1.11. The Morgan fingerprint density at radius 1 is 1.30 bits per heavy atom. The maximum atomic E-state index is 11.7. The monoisotopic (exact) mass is 281 g/mol. The second-order valence-electron chi connectivity index (χ2n) is 4.47. The van der Waals surface area contributed by atoms with Crippen LogP contribution in [0, 0.1) is 0 Å². The Bertz CT molecular complexity index is 521. The highest BCUT2D eigenvalue weighted by atomic mass is 16.4. The minimum atomic E-state index is -1.21. The number of amides is 2. The van der Waals surface area contributed by atoms with Crippen molar-refractivity contribution >= 4 is 17.8 Å². The molecule has 9 nitrogen and oxygen atoms in total. The summed E-state index contributed by atoms with van der Waals surface area (Å²) in [4.78, 5) is 35.6. The average molecular weight is 281 g/mol. The predicted molar refractivity (Wildman–Crippen MR) is 65.8 cm³/mol. The summed E-state index contributed by atoms with van der Waals surface area (Å²) in [7, 11) is 0. The molecule has 1 aromatic rings. The summed E-state index contributed by atoms with van der Waals surface area (Å²) in [5, 5.41) is 18.0. The molecule has 1 fully saturated rings. The smallest absolute Gasteiger partial charge is 0.358 e. The lowest BCUT2D eigenvalue weighted by molar-refractivity contribution is -0.132. The van der Waals surface area contributed by atoms with Crippen LogP contribution in [-0.2, 0) is 16.1 Å². The molecule has 2 amide bonds. The van der Waals surface area contributed by atoms with E-state index in [1.807, 2.05) is 0 Å². The van der Waals surface area contributed by atoms with E-state index in [4.69, 9.17) is 5.11 Å². The fraction of sp³-hybridized carbons (Fsp3) is 0.545. The van der Waals surface area contributed by atoms with Gasteiger partial charge in [0.2, 0.25) is 11.8 Å². The largest absolute Gasteiger partial charge is 0.476 e. The molecule has 1 aliphatic heterocycles. The Morgan fingerprint density at radius 3 is 2.60 bits per heavy atom. The third-order valence-electron chi connectivity index (χ3n) is 2.96. The van der Waals surface area contributed by atoms with Crippen LogP contribution in [0.4, 0.5) is 0 Å². The first-order valence-corrected chi connectivity index (χ1v) is 6.24. The van der Waals surface area contributed by atoms with Crippen LogP contribution in [-0.4, -0.2) is 62.4 Å². The molecule has 20 heavy (non-hydrogen) atoms. The maximum absolute atomic E-state index is 11.7. The number of carbonyl (C=O) groups excluding carboxylic acids is 2. The van der Waals surface area contributed by atoms with Crippen molar-refractivity contribution in [3.05, 3.63) is 11.9 Å². The molecule has 0 atom stereocenters. The van der Waals surface area contributed by atoms with Gasteiger partial charge in [-0.2, -0.15) is 0 Å². The molecule has 2 rings (SSSR count). The van der Waals surface area contributed by atoms with Gasteiger partial charge in [-0.05, 0) is 12.8 Å². The van der Waals surface area contributed by atoms with Crippen LogP contribution in [0.1, 0.15) is 23.3 Å². The highest BCUT2D eigenvalue weighted by Crippen LogP contribution is 2.06. The van der Waals surface area contributed by atoms with Crippen molar-refractivity contribution < 1.29 is 19.5 Å². The van der Waals surface area contributed by atoms with Crippen molar-refractivity contribution in [2.45, 2.75) is 19.4 Å². The van der Waals surface area contributed by atoms with Crippen molar-refractivity contribution in [2.75, 3.05) is 19.6 Å². The first kappa shape index (κ1) is 14.0. The molecule has 0 aromatic carbocycles. The molecule has 1 saturated heterocycles. The molecule has 0 saturated carbocycles. The second kappa shape index (κ2) is 6.13. The molecular formula is C11H15N5O4. The molecular weight excluding hydrogens is 266 g/mol. The Balaban J connectivity index is 1.77. The molecule has 0 unspecified atom stereocenters. The van der Waals surface area contributed by atoms with Gasteiger partial charge in [0.1, 0.15) is 6.54 Å². The molecule has 0 radical (unpaired) electrons. The summed E-state index contributed by atoms with van der Waals surface area (Å²) >= 11 is 0. The molecule has 0 bridgehead atoms. The van der Waals surface area contributed by atoms with E-state index in [2.05, 4.69) is 15.6 Å². The van der Waals surface area contributed by atoms with Gasteiger partial charge in [-0.25, -0.2) is 9.48 Å². The quantitative estimate of drug-likeness (QED) is 0.693. The molecule has 2 heterocycles. The highest BCUT2D eigenvalue weighted by molar-refractivity contribution is 5.86. The Kier molecular flexibility index (Phi) is 4.28. The number of nitrogens with zero attached hydrogens (tertiary/aromatic N) is 4. The third-order valence-corrected chi connectivity index (χ3v) is 2.96. The first-order valence-electron chi connectivity index (χ1n) is 6.24. The van der Waals surface area contributed by atoms with E-state index in [-0.39, 0.29) is 24.7 Å². The highest BCUT2D eigenvalue weighted by Gasteiger charge is 2.18. The van der Waals surface area contributed by atoms with E-state index in [0.29, 0.717) is 0 Å². The van der Waals surface area contributed by atoms with Crippen LogP contribution in [0.3, 0.4) is 0 Å². The topological polar surface area (TPSA) is 117 Å². The number of rotatable bonds is 5. The zero-order valence-corrected chi connectivity index (χ0v) is 10.8. The molecule has 1 aliphatic rings. The number of aromatic nitrogens is 3. The lowest BCUT2D eigenvalue weighted by atomic mass is 10.4. The number of likely N-dealkylation sites (tertiary alicyclic amines) is 1. The van der Waals surface area contributed by atoms with Crippen molar-refractivity contribution in [3.63, 3.8) is 0 Å². The summed E-state index contributed by atoms with van der Waals surface area (Å²) in [5.41, 5.74) is -0.231. The molecule has 2 N–H and O–H groups in total. The molecule has 0 spiro atoms. The second-order valence-corrected chi connectivity index (χ2v) is 4.47. The van der Waals surface area contributed by atoms with Gasteiger partial charge in [0, 0.05) is 13.1 Å². The van der Waals surface area contributed by atoms with Crippen molar-refractivity contribution in [1.82, 2.24) is 25.2 Å². The Morgan fingerprint density at radius 2 is 2.00 bits per heavy atom. The maximum Gasteiger partial charge on any atom is 0.358 e. The van der Waals surface area contributed by atoms with Gasteiger partial charge in [0.15, 0.2) is 5.69 Å². The number of carboxylic acid groups (broad SMARTS) is 1. The van der Waals surface area contributed by atoms with Gasteiger partial charge in [-0.3, -0.25) is 9.59 Å². The zero-order chi connectivity index (χ0) is 14.5. The molecule has 108 valence electrons. The standard InChI is InChI=1S/C11H15N5O4/c17-9(7-16-6-8(11(19)20)13-14-16)12-5-10(18)15-3-1-2-4-15/h6H,1-5,7H2,(H,12,17)(H,19,20). The number of carboxylic acids is 1. The predicted octanol–water partition coefficient (Wildman–Crippen LogP) is -1.29. The number of aromatic carboxylic acids is 1. The van der Waals surface area contributed by atoms with Gasteiger partial charge >= 0.3 is 5.97 Å². The van der Waals surface area contributed by atoms with E-state index < -0.39 is 11.9 Å². The Hall–Kier alpha value is -2.45. The minimum Gasteiger partial charge on any atom is -0.476 e. The van der Waals surface area contributed by atoms with Gasteiger partial charge in [0.05, 0.1) is 12.7 Å². The lowest BCUT2D eigenvalue weighted by Gasteiger charge is -2.15. The molecule has 1 aromatic heterocycles. The SMILES string of the molecule is O=C(Cn1cc(C(=O)O)nn1)NCC(=O)N1CCCC1. The van der Waals surface area contributed by atoms with Crippen LogP contribution < -0.4 is 5.32 Å². The van der Waals surface area contributed by atoms with Gasteiger partial charge in [-0.15, -0.1) is 5.10 Å². The fourth-order valence-electron chi connectivity index (χ4n) is 1.93. The zero-order valence-electron chi connectivity index (χ0n) is 10.8. The van der Waals surface area contributed by atoms with Crippen LogP contribution in [0.2, 0.25) is 0 Å². The van der Waals surface area contributed by atoms with Gasteiger partial charge in [0.25, 0.3) is 0 Å². The molecule has 0 aliphatic carbocycles. The average Bonchev–Trinajstić information content (AvgIpc) is 3.06. The summed E-state index contributed by atoms with van der Waals surface area (Å²) in [5.74, 6) is -1.74. The normalized spacial score (nSPS) is 14.3. The van der Waals surface area contributed by atoms with E-state index >= 15 is 0 Å². The van der Waals surface area contributed by atoms with Crippen LogP contribution in [0.25, 0.3) is 0 Å². The third kappa shape index (κ3) is 3.53. The number of carbonyl (C=O) groups is 3. The minimum absolute atomic E-state index is 0.0562. The number of hydrogen-bond donors (Lipinski definition) is 2. The van der Waals surface area contributed by atoms with Crippen LogP contribution in [0.15, 0.2) is 6.20 Å². The number of nitrogens with one attached hydrogen (secondary N) is 1. The van der Waals surface area contributed by atoms with E-state index in [0.717, 1.165) is 36.8 Å². The van der Waals surface area contributed by atoms with Crippen molar-refractivity contribution in [2.24, 2.45) is 0 Å². The lowest BCUT2D eigenvalue weighted by Crippen LogP contribution is -2.39. The Labute approximate surface area is 114 Å². The van der Waals surface area contributed by atoms with Gasteiger partial charge in [-0.1, -0.05) is 5.21 Å². The summed E-state index contributed by atoms with van der Waals surface area (Å²) in [6, 6.07) is 0. The number of hydrogen-bond acceptors (Lipinski definition) is 5.